The van der Waals surface area contributed by atoms with Crippen molar-refractivity contribution in [3.05, 3.63) is 58.1 Å². The van der Waals surface area contributed by atoms with Crippen molar-refractivity contribution in [3.8, 4) is 5.75 Å². The predicted molar refractivity (Wildman–Crippen MR) is 104 cm³/mol. The van der Waals surface area contributed by atoms with E-state index in [0.717, 1.165) is 22.4 Å². The van der Waals surface area contributed by atoms with Gasteiger partial charge < -0.3 is 14.8 Å². The molecule has 0 radical (unpaired) electrons. The summed E-state index contributed by atoms with van der Waals surface area (Å²) in [5, 5.41) is 3.39. The van der Waals surface area contributed by atoms with E-state index in [1.54, 1.807) is 25.1 Å². The Labute approximate surface area is 163 Å². The molecule has 0 bridgehead atoms. The minimum absolute atomic E-state index is 0.221. The molecule has 2 aromatic rings. The molecule has 1 aliphatic heterocycles. The number of carbonyl (C=O) groups excluding carboxylic acids is 2. The second-order valence-electron chi connectivity index (χ2n) is 6.85. The van der Waals surface area contributed by atoms with E-state index in [0.29, 0.717) is 17.1 Å². The lowest BCUT2D eigenvalue weighted by Gasteiger charge is -2.25. The van der Waals surface area contributed by atoms with Crippen LogP contribution in [0, 0.1) is 19.8 Å². The van der Waals surface area contributed by atoms with E-state index in [1.165, 1.54) is 0 Å². The predicted octanol–water partition coefficient (Wildman–Crippen LogP) is 4.08. The molecule has 0 unspecified atom stereocenters. The fourth-order valence-electron chi connectivity index (χ4n) is 3.03. The van der Waals surface area contributed by atoms with Gasteiger partial charge in [-0.2, -0.15) is 0 Å². The number of fused-ring (bicyclic) bond motifs is 1. The molecule has 0 saturated carbocycles. The molecule has 0 spiro atoms. The Kier molecular flexibility index (Phi) is 5.71. The lowest BCUT2D eigenvalue weighted by atomic mass is 9.97. The molecule has 0 aliphatic carbocycles. The summed E-state index contributed by atoms with van der Waals surface area (Å²) in [6.45, 7) is 5.69. The standard InChI is InChI=1S/C21H22ClNO4/c1-12-4-6-18(13(2)8-12)23-20(24)14(3)27-21(25)16-9-15-10-17(22)5-7-19(15)26-11-16/h4-8,10,14,16H,9,11H2,1-3H3,(H,23,24)/t14-,16+/m1/s1. The number of ether oxygens (including phenoxy) is 2. The molecular weight excluding hydrogens is 366 g/mol. The number of nitrogens with one attached hydrogen (secondary N) is 1. The molecule has 1 amide bonds. The van der Waals surface area contributed by atoms with Gasteiger partial charge in [-0.25, -0.2) is 0 Å². The summed E-state index contributed by atoms with van der Waals surface area (Å²) in [6.07, 6.45) is -0.431. The SMILES string of the molecule is Cc1ccc(NC(=O)[C@@H](C)OC(=O)[C@@H]2COc3ccc(Cl)cc3C2)c(C)c1. The number of rotatable bonds is 4. The Morgan fingerprint density at radius 1 is 1.22 bits per heavy atom. The Bertz CT molecular complexity index is 880. The van der Waals surface area contributed by atoms with E-state index in [9.17, 15) is 9.59 Å². The van der Waals surface area contributed by atoms with Crippen molar-refractivity contribution in [2.45, 2.75) is 33.3 Å². The summed E-state index contributed by atoms with van der Waals surface area (Å²) >= 11 is 6.00. The highest BCUT2D eigenvalue weighted by Gasteiger charge is 2.30. The van der Waals surface area contributed by atoms with Crippen molar-refractivity contribution >= 4 is 29.2 Å². The first-order valence-electron chi connectivity index (χ1n) is 8.83. The Morgan fingerprint density at radius 2 is 2.00 bits per heavy atom. The monoisotopic (exact) mass is 387 g/mol. The van der Waals surface area contributed by atoms with Gasteiger partial charge in [-0.05, 0) is 62.6 Å². The summed E-state index contributed by atoms with van der Waals surface area (Å²) in [6, 6.07) is 11.1. The number of hydrogen-bond acceptors (Lipinski definition) is 4. The lowest BCUT2D eigenvalue weighted by Crippen LogP contribution is -2.36. The van der Waals surface area contributed by atoms with E-state index in [2.05, 4.69) is 5.32 Å². The third kappa shape index (κ3) is 4.61. The summed E-state index contributed by atoms with van der Waals surface area (Å²) in [5.41, 5.74) is 3.64. The Morgan fingerprint density at radius 3 is 2.74 bits per heavy atom. The van der Waals surface area contributed by atoms with Crippen LogP contribution in [0.5, 0.6) is 5.75 Å². The molecule has 0 aromatic heterocycles. The summed E-state index contributed by atoms with van der Waals surface area (Å²) in [5.74, 6) is -0.559. The average Bonchev–Trinajstić information content (AvgIpc) is 2.63. The van der Waals surface area contributed by atoms with Crippen LogP contribution in [0.15, 0.2) is 36.4 Å². The number of carbonyl (C=O) groups is 2. The zero-order valence-electron chi connectivity index (χ0n) is 15.5. The van der Waals surface area contributed by atoms with Gasteiger partial charge in [-0.15, -0.1) is 0 Å². The van der Waals surface area contributed by atoms with Crippen LogP contribution in [0.1, 0.15) is 23.6 Å². The summed E-state index contributed by atoms with van der Waals surface area (Å²) in [4.78, 5) is 24.8. The number of esters is 1. The van der Waals surface area contributed by atoms with Crippen LogP contribution in [-0.4, -0.2) is 24.6 Å². The maximum absolute atomic E-state index is 12.5. The van der Waals surface area contributed by atoms with E-state index in [1.807, 2.05) is 32.0 Å². The van der Waals surface area contributed by atoms with Gasteiger partial charge in [0.25, 0.3) is 5.91 Å². The molecule has 5 nitrogen and oxygen atoms in total. The minimum atomic E-state index is -0.904. The zero-order valence-corrected chi connectivity index (χ0v) is 16.3. The highest BCUT2D eigenvalue weighted by molar-refractivity contribution is 6.30. The molecule has 1 heterocycles. The van der Waals surface area contributed by atoms with Crippen molar-refractivity contribution in [3.63, 3.8) is 0 Å². The number of benzene rings is 2. The summed E-state index contributed by atoms with van der Waals surface area (Å²) in [7, 11) is 0. The first kappa shape index (κ1) is 19.2. The van der Waals surface area contributed by atoms with Crippen LogP contribution in [-0.2, 0) is 20.7 Å². The summed E-state index contributed by atoms with van der Waals surface area (Å²) < 4.78 is 11.0. The van der Waals surface area contributed by atoms with Gasteiger partial charge in [-0.1, -0.05) is 29.3 Å². The number of hydrogen-bond donors (Lipinski definition) is 1. The molecule has 3 rings (SSSR count). The molecule has 0 saturated heterocycles. The third-order valence-corrected chi connectivity index (χ3v) is 4.80. The van der Waals surface area contributed by atoms with Crippen LogP contribution < -0.4 is 10.1 Å². The highest BCUT2D eigenvalue weighted by atomic mass is 35.5. The normalized spacial score (nSPS) is 16.7. The van der Waals surface area contributed by atoms with Gasteiger partial charge in [0.2, 0.25) is 0 Å². The van der Waals surface area contributed by atoms with Crippen molar-refractivity contribution in [1.29, 1.82) is 0 Å². The fraction of sp³-hybridized carbons (Fsp3) is 0.333. The quantitative estimate of drug-likeness (QED) is 0.803. The highest BCUT2D eigenvalue weighted by Crippen LogP contribution is 2.30. The second kappa shape index (κ2) is 8.01. The number of anilines is 1. The van der Waals surface area contributed by atoms with E-state index >= 15 is 0 Å². The molecular formula is C21H22ClNO4. The van der Waals surface area contributed by atoms with Crippen LogP contribution in [0.3, 0.4) is 0 Å². The molecule has 2 atom stereocenters. The molecule has 0 fully saturated rings. The van der Waals surface area contributed by atoms with Crippen molar-refractivity contribution in [1.82, 2.24) is 0 Å². The lowest BCUT2D eigenvalue weighted by molar-refractivity contribution is -0.158. The largest absolute Gasteiger partial charge is 0.492 e. The van der Waals surface area contributed by atoms with Crippen molar-refractivity contribution in [2.75, 3.05) is 11.9 Å². The van der Waals surface area contributed by atoms with E-state index < -0.39 is 18.0 Å². The van der Waals surface area contributed by atoms with Crippen LogP contribution in [0.2, 0.25) is 5.02 Å². The van der Waals surface area contributed by atoms with Gasteiger partial charge in [0.05, 0.1) is 5.92 Å². The molecule has 1 N–H and O–H groups in total. The number of amides is 1. The Balaban J connectivity index is 1.59. The molecule has 2 aromatic carbocycles. The topological polar surface area (TPSA) is 64.6 Å². The van der Waals surface area contributed by atoms with Gasteiger partial charge in [0, 0.05) is 10.7 Å². The first-order valence-corrected chi connectivity index (χ1v) is 9.21. The average molecular weight is 388 g/mol. The first-order chi connectivity index (χ1) is 12.8. The smallest absolute Gasteiger partial charge is 0.313 e. The fourth-order valence-corrected chi connectivity index (χ4v) is 3.22. The molecule has 142 valence electrons. The molecule has 1 aliphatic rings. The minimum Gasteiger partial charge on any atom is -0.492 e. The van der Waals surface area contributed by atoms with Gasteiger partial charge in [0.1, 0.15) is 12.4 Å². The second-order valence-corrected chi connectivity index (χ2v) is 7.29. The third-order valence-electron chi connectivity index (χ3n) is 4.56. The van der Waals surface area contributed by atoms with E-state index in [-0.39, 0.29) is 12.5 Å². The van der Waals surface area contributed by atoms with Crippen molar-refractivity contribution in [2.24, 2.45) is 5.92 Å². The van der Waals surface area contributed by atoms with Gasteiger partial charge in [-0.3, -0.25) is 9.59 Å². The van der Waals surface area contributed by atoms with Gasteiger partial charge in [0.15, 0.2) is 6.10 Å². The van der Waals surface area contributed by atoms with Crippen LogP contribution in [0.4, 0.5) is 5.69 Å². The van der Waals surface area contributed by atoms with Crippen LogP contribution >= 0.6 is 11.6 Å². The van der Waals surface area contributed by atoms with Gasteiger partial charge >= 0.3 is 5.97 Å². The zero-order chi connectivity index (χ0) is 19.6. The molecule has 6 heteroatoms. The van der Waals surface area contributed by atoms with E-state index in [4.69, 9.17) is 21.1 Å². The molecule has 27 heavy (non-hydrogen) atoms. The Hall–Kier alpha value is -2.53. The van der Waals surface area contributed by atoms with Crippen LogP contribution in [0.25, 0.3) is 0 Å². The maximum atomic E-state index is 12.5. The number of aryl methyl sites for hydroxylation is 2. The number of halogens is 1. The maximum Gasteiger partial charge on any atom is 0.313 e. The van der Waals surface area contributed by atoms with Crippen molar-refractivity contribution < 1.29 is 19.1 Å².